The van der Waals surface area contributed by atoms with E-state index >= 15 is 0 Å². The number of sulfonamides is 1. The highest BCUT2D eigenvalue weighted by atomic mass is 32.2. The van der Waals surface area contributed by atoms with Crippen LogP contribution >= 0.6 is 0 Å². The third-order valence-electron chi connectivity index (χ3n) is 6.24. The van der Waals surface area contributed by atoms with E-state index in [0.717, 1.165) is 19.3 Å². The minimum Gasteiger partial charge on any atom is -0.274 e. The quantitative estimate of drug-likeness (QED) is 0.787. The van der Waals surface area contributed by atoms with Crippen LogP contribution in [0.5, 0.6) is 0 Å². The second-order valence-electron chi connectivity index (χ2n) is 7.91. The van der Waals surface area contributed by atoms with Crippen molar-refractivity contribution in [2.75, 3.05) is 5.75 Å². The normalized spacial score (nSPS) is 40.4. The predicted molar refractivity (Wildman–Crippen MR) is 77.4 cm³/mol. The standard InChI is InChI=1S/C15H25NO3S/c1-10(2)7-13(17)16-12-8-11-5-6-15(12,14(11,3)4)9-20(16,18)19/h10-12H,5-9H2,1-4H3/t11-,12-,15-/m0/s1. The lowest BCUT2D eigenvalue weighted by atomic mass is 9.69. The van der Waals surface area contributed by atoms with Crippen molar-refractivity contribution in [2.24, 2.45) is 22.7 Å². The molecule has 114 valence electrons. The fourth-order valence-corrected chi connectivity index (χ4v) is 7.62. The van der Waals surface area contributed by atoms with Crippen molar-refractivity contribution in [1.29, 1.82) is 0 Å². The molecule has 3 rings (SSSR count). The molecule has 3 fully saturated rings. The van der Waals surface area contributed by atoms with Gasteiger partial charge < -0.3 is 0 Å². The number of nitrogens with zero attached hydrogens (tertiary/aromatic N) is 1. The first kappa shape index (κ1) is 14.4. The summed E-state index contributed by atoms with van der Waals surface area (Å²) >= 11 is 0. The molecule has 1 saturated heterocycles. The van der Waals surface area contributed by atoms with Crippen molar-refractivity contribution in [2.45, 2.75) is 59.4 Å². The molecule has 3 atom stereocenters. The van der Waals surface area contributed by atoms with E-state index in [2.05, 4.69) is 13.8 Å². The highest BCUT2D eigenvalue weighted by Gasteiger charge is 2.72. The van der Waals surface area contributed by atoms with Crippen LogP contribution in [0.25, 0.3) is 0 Å². The second kappa shape index (κ2) is 3.99. The molecular formula is C15H25NO3S. The van der Waals surface area contributed by atoms with Crippen LogP contribution in [-0.4, -0.2) is 30.4 Å². The Morgan fingerprint density at radius 1 is 1.35 bits per heavy atom. The van der Waals surface area contributed by atoms with Crippen molar-refractivity contribution in [1.82, 2.24) is 4.31 Å². The maximum atomic E-state index is 12.6. The second-order valence-corrected chi connectivity index (χ2v) is 9.75. The molecule has 2 aliphatic carbocycles. The summed E-state index contributed by atoms with van der Waals surface area (Å²) in [6.45, 7) is 8.33. The monoisotopic (exact) mass is 299 g/mol. The lowest BCUT2D eigenvalue weighted by Crippen LogP contribution is -2.44. The van der Waals surface area contributed by atoms with Gasteiger partial charge in [-0.1, -0.05) is 27.7 Å². The summed E-state index contributed by atoms with van der Waals surface area (Å²) < 4.78 is 26.4. The molecular weight excluding hydrogens is 274 g/mol. The van der Waals surface area contributed by atoms with Gasteiger partial charge in [-0.3, -0.25) is 4.79 Å². The number of carbonyl (C=O) groups excluding carboxylic acids is 1. The Kier molecular flexibility index (Phi) is 2.87. The van der Waals surface area contributed by atoms with Gasteiger partial charge in [0.25, 0.3) is 0 Å². The maximum absolute atomic E-state index is 12.6. The lowest BCUT2D eigenvalue weighted by molar-refractivity contribution is -0.129. The van der Waals surface area contributed by atoms with Gasteiger partial charge in [-0.15, -0.1) is 0 Å². The third kappa shape index (κ3) is 1.59. The van der Waals surface area contributed by atoms with Gasteiger partial charge >= 0.3 is 0 Å². The fraction of sp³-hybridized carbons (Fsp3) is 0.933. The zero-order chi connectivity index (χ0) is 14.9. The molecule has 5 heteroatoms. The first-order valence-electron chi connectivity index (χ1n) is 7.67. The number of amides is 1. The Bertz CT molecular complexity index is 551. The van der Waals surface area contributed by atoms with Crippen LogP contribution in [0.3, 0.4) is 0 Å². The molecule has 2 saturated carbocycles. The van der Waals surface area contributed by atoms with E-state index in [4.69, 9.17) is 0 Å². The number of fused-ring (bicyclic) bond motifs is 1. The van der Waals surface area contributed by atoms with Crippen LogP contribution in [0.2, 0.25) is 0 Å². The molecule has 2 bridgehead atoms. The van der Waals surface area contributed by atoms with Crippen LogP contribution in [-0.2, 0) is 14.8 Å². The van der Waals surface area contributed by atoms with E-state index in [1.54, 1.807) is 0 Å². The van der Waals surface area contributed by atoms with Crippen molar-refractivity contribution < 1.29 is 13.2 Å². The molecule has 1 spiro atoms. The SMILES string of the molecule is CC(C)CC(=O)N1[C@H]2C[C@@H]3CC[C@@]2(CS1(=O)=O)C3(C)C. The Hall–Kier alpha value is -0.580. The largest absolute Gasteiger partial charge is 0.274 e. The van der Waals surface area contributed by atoms with Crippen LogP contribution in [0.15, 0.2) is 0 Å². The molecule has 4 nitrogen and oxygen atoms in total. The van der Waals surface area contributed by atoms with Crippen molar-refractivity contribution in [3.8, 4) is 0 Å². The number of rotatable bonds is 2. The van der Waals surface area contributed by atoms with E-state index in [9.17, 15) is 13.2 Å². The maximum Gasteiger partial charge on any atom is 0.238 e. The van der Waals surface area contributed by atoms with E-state index in [0.29, 0.717) is 12.3 Å². The minimum atomic E-state index is -3.42. The summed E-state index contributed by atoms with van der Waals surface area (Å²) in [5.41, 5.74) is -0.152. The van der Waals surface area contributed by atoms with Crippen LogP contribution in [0, 0.1) is 22.7 Å². The lowest BCUT2D eigenvalue weighted by Gasteiger charge is -2.37. The minimum absolute atomic E-state index is 0.0393. The number of hydrogen-bond donors (Lipinski definition) is 0. The summed E-state index contributed by atoms with van der Waals surface area (Å²) in [6.07, 6.45) is 3.28. The van der Waals surface area contributed by atoms with Crippen LogP contribution < -0.4 is 0 Å². The summed E-state index contributed by atoms with van der Waals surface area (Å²) in [4.78, 5) is 12.4. The third-order valence-corrected chi connectivity index (χ3v) is 8.18. The number of hydrogen-bond acceptors (Lipinski definition) is 3. The van der Waals surface area contributed by atoms with Crippen LogP contribution in [0.4, 0.5) is 0 Å². The highest BCUT2D eigenvalue weighted by Crippen LogP contribution is 2.70. The summed E-state index contributed by atoms with van der Waals surface area (Å²) in [5.74, 6) is 0.751. The summed E-state index contributed by atoms with van der Waals surface area (Å²) in [6, 6.07) is -0.0764. The molecule has 3 aliphatic rings. The van der Waals surface area contributed by atoms with Gasteiger partial charge in [0.2, 0.25) is 15.9 Å². The highest BCUT2D eigenvalue weighted by molar-refractivity contribution is 7.90. The molecule has 20 heavy (non-hydrogen) atoms. The summed E-state index contributed by atoms with van der Waals surface area (Å²) in [5, 5.41) is 0. The average molecular weight is 299 g/mol. The topological polar surface area (TPSA) is 54.5 Å². The Labute approximate surface area is 122 Å². The van der Waals surface area contributed by atoms with Crippen molar-refractivity contribution >= 4 is 15.9 Å². The molecule has 0 aromatic heterocycles. The van der Waals surface area contributed by atoms with E-state index in [1.807, 2.05) is 13.8 Å². The van der Waals surface area contributed by atoms with Gasteiger partial charge in [0, 0.05) is 11.8 Å². The first-order chi connectivity index (χ1) is 9.12. The van der Waals surface area contributed by atoms with Crippen molar-refractivity contribution in [3.05, 3.63) is 0 Å². The van der Waals surface area contributed by atoms with Gasteiger partial charge in [0.1, 0.15) is 0 Å². The zero-order valence-electron chi connectivity index (χ0n) is 12.8. The predicted octanol–water partition coefficient (Wildman–Crippen LogP) is 2.40. The smallest absolute Gasteiger partial charge is 0.238 e. The average Bonchev–Trinajstić information content (AvgIpc) is 2.73. The Morgan fingerprint density at radius 3 is 2.55 bits per heavy atom. The van der Waals surface area contributed by atoms with Crippen molar-refractivity contribution in [3.63, 3.8) is 0 Å². The van der Waals surface area contributed by atoms with Crippen LogP contribution in [0.1, 0.15) is 53.4 Å². The Morgan fingerprint density at radius 2 is 2.00 bits per heavy atom. The summed E-state index contributed by atoms with van der Waals surface area (Å²) in [7, 11) is -3.42. The van der Waals surface area contributed by atoms with Gasteiger partial charge in [-0.05, 0) is 36.5 Å². The molecule has 0 N–H and O–H groups in total. The molecule has 1 heterocycles. The van der Waals surface area contributed by atoms with Gasteiger partial charge in [-0.2, -0.15) is 0 Å². The first-order valence-corrected chi connectivity index (χ1v) is 9.28. The molecule has 0 unspecified atom stereocenters. The van der Waals surface area contributed by atoms with Gasteiger partial charge in [0.15, 0.2) is 0 Å². The molecule has 0 radical (unpaired) electrons. The fourth-order valence-electron chi connectivity index (χ4n) is 5.06. The van der Waals surface area contributed by atoms with E-state index in [-0.39, 0.29) is 34.4 Å². The number of carbonyl (C=O) groups is 1. The molecule has 0 aromatic carbocycles. The van der Waals surface area contributed by atoms with Gasteiger partial charge in [-0.25, -0.2) is 12.7 Å². The van der Waals surface area contributed by atoms with E-state index in [1.165, 1.54) is 4.31 Å². The Balaban J connectivity index is 2.00. The van der Waals surface area contributed by atoms with E-state index < -0.39 is 10.0 Å². The molecule has 1 amide bonds. The van der Waals surface area contributed by atoms with Gasteiger partial charge in [0.05, 0.1) is 11.8 Å². The molecule has 0 aromatic rings. The molecule has 1 aliphatic heterocycles. The zero-order valence-corrected chi connectivity index (χ0v) is 13.7.